The van der Waals surface area contributed by atoms with Crippen LogP contribution in [0.4, 0.5) is 0 Å². The van der Waals surface area contributed by atoms with Crippen molar-refractivity contribution >= 4 is 54.3 Å². The molecular weight excluding hydrogens is 719 g/mol. The molecule has 0 atom stereocenters. The number of hydrogen-bond donors (Lipinski definition) is 0. The predicted molar refractivity (Wildman–Crippen MR) is 244 cm³/mol. The van der Waals surface area contributed by atoms with Crippen molar-refractivity contribution in [2.75, 3.05) is 0 Å². The molecule has 0 N–H and O–H groups in total. The summed E-state index contributed by atoms with van der Waals surface area (Å²) in [5.41, 5.74) is 9.78. The highest BCUT2D eigenvalue weighted by Crippen LogP contribution is 2.42. The number of unbranched alkanes of at least 4 members (excludes halogenated alkanes) is 1. The lowest BCUT2D eigenvalue weighted by Crippen LogP contribution is -2.03. The quantitative estimate of drug-likeness (QED) is 0.109. The van der Waals surface area contributed by atoms with E-state index in [9.17, 15) is 0 Å². The van der Waals surface area contributed by atoms with Crippen LogP contribution >= 0.6 is 0 Å². The number of furan rings is 1. The average molecular weight is 758 g/mol. The van der Waals surface area contributed by atoms with Crippen LogP contribution in [0.15, 0.2) is 192 Å². The Morgan fingerprint density at radius 2 is 0.881 bits per heavy atom. The van der Waals surface area contributed by atoms with E-state index in [0.717, 1.165) is 59.4 Å². The maximum Gasteiger partial charge on any atom is 0.163 e. The smallest absolute Gasteiger partial charge is 0.163 e. The fourth-order valence-electron chi connectivity index (χ4n) is 8.91. The summed E-state index contributed by atoms with van der Waals surface area (Å²) >= 11 is 0. The summed E-state index contributed by atoms with van der Waals surface area (Å²) < 4.78 is 6.57. The molecule has 0 spiro atoms. The summed E-state index contributed by atoms with van der Waals surface area (Å²) in [5.74, 6) is 2.21. The van der Waals surface area contributed by atoms with Gasteiger partial charge in [0.15, 0.2) is 11.6 Å². The van der Waals surface area contributed by atoms with Gasteiger partial charge in [0.05, 0.1) is 0 Å². The van der Waals surface area contributed by atoms with E-state index >= 15 is 0 Å². The lowest BCUT2D eigenvalue weighted by Gasteiger charge is -2.13. The van der Waals surface area contributed by atoms with E-state index in [2.05, 4.69) is 164 Å². The van der Waals surface area contributed by atoms with E-state index in [1.54, 1.807) is 0 Å². The Bertz CT molecular complexity index is 3300. The minimum atomic E-state index is 0.698. The molecule has 0 aliphatic heterocycles. The number of aromatic nitrogens is 3. The molecule has 4 heteroatoms. The number of nitrogens with zero attached hydrogens (tertiary/aromatic N) is 3. The summed E-state index contributed by atoms with van der Waals surface area (Å²) in [6, 6.07) is 66.6. The maximum atomic E-state index is 6.57. The van der Waals surface area contributed by atoms with Gasteiger partial charge in [-0.15, -0.1) is 0 Å². The molecule has 280 valence electrons. The second-order valence-electron chi connectivity index (χ2n) is 15.3. The highest BCUT2D eigenvalue weighted by atomic mass is 16.3. The van der Waals surface area contributed by atoms with Gasteiger partial charge in [0, 0.05) is 28.3 Å². The summed E-state index contributed by atoms with van der Waals surface area (Å²) in [5, 5.41) is 10.0. The molecule has 0 saturated heterocycles. The molecule has 0 unspecified atom stereocenters. The monoisotopic (exact) mass is 757 g/mol. The number of aryl methyl sites for hydroxylation is 2. The summed E-state index contributed by atoms with van der Waals surface area (Å²) in [4.78, 5) is 15.0. The Morgan fingerprint density at radius 3 is 1.61 bits per heavy atom. The molecule has 11 rings (SSSR count). The van der Waals surface area contributed by atoms with Crippen molar-refractivity contribution in [3.05, 3.63) is 199 Å². The number of hydrogen-bond acceptors (Lipinski definition) is 4. The number of benzene rings is 9. The Kier molecular flexibility index (Phi) is 8.74. The van der Waals surface area contributed by atoms with E-state index in [1.807, 2.05) is 24.3 Å². The average Bonchev–Trinajstić information content (AvgIpc) is 3.71. The first-order chi connectivity index (χ1) is 29.2. The maximum absolute atomic E-state index is 6.57. The lowest BCUT2D eigenvalue weighted by molar-refractivity contribution is 0.668. The molecule has 0 aliphatic rings. The minimum absolute atomic E-state index is 0.698. The van der Waals surface area contributed by atoms with Crippen LogP contribution in [0.5, 0.6) is 0 Å². The fourth-order valence-corrected chi connectivity index (χ4v) is 8.91. The summed E-state index contributed by atoms with van der Waals surface area (Å²) in [6.45, 7) is 0. The van der Waals surface area contributed by atoms with Gasteiger partial charge in [-0.2, -0.15) is 0 Å². The predicted octanol–water partition coefficient (Wildman–Crippen LogP) is 14.5. The third-order valence-corrected chi connectivity index (χ3v) is 11.7. The number of rotatable bonds is 9. The van der Waals surface area contributed by atoms with Crippen molar-refractivity contribution in [3.63, 3.8) is 0 Å². The van der Waals surface area contributed by atoms with Crippen molar-refractivity contribution in [2.24, 2.45) is 0 Å². The Labute approximate surface area is 342 Å². The second kappa shape index (κ2) is 14.8. The molecule has 11 aromatic rings. The Morgan fingerprint density at radius 1 is 0.339 bits per heavy atom. The van der Waals surface area contributed by atoms with Gasteiger partial charge in [-0.3, -0.25) is 0 Å². The van der Waals surface area contributed by atoms with Crippen LogP contribution in [0.2, 0.25) is 0 Å². The molecule has 0 radical (unpaired) electrons. The van der Waals surface area contributed by atoms with Crippen molar-refractivity contribution < 1.29 is 4.42 Å². The standard InChI is InChI=1S/C55H39N3O/c1-3-16-36(17-4-1)39-22-13-23-41(34-39)55-57-51(56-54(58-55)38-19-5-2-6-20-38)31-12-7-18-37-21-14-29-49-52(37)53-42(28-15-30-50(53)59-49)40-32-33-47-45-26-9-8-24-43(45)44-25-10-11-27-46(44)48(47)35-40/h1-6,8-11,13-17,19-30,32-35H,7,12,18,31H2. The van der Waals surface area contributed by atoms with Crippen molar-refractivity contribution in [1.82, 2.24) is 15.0 Å². The van der Waals surface area contributed by atoms with Gasteiger partial charge in [-0.1, -0.05) is 164 Å². The molecule has 9 aromatic carbocycles. The highest BCUT2D eigenvalue weighted by Gasteiger charge is 2.18. The fraction of sp³-hybridized carbons (Fsp3) is 0.0727. The topological polar surface area (TPSA) is 51.8 Å². The molecule has 2 aromatic heterocycles. The van der Waals surface area contributed by atoms with Gasteiger partial charge < -0.3 is 4.42 Å². The van der Waals surface area contributed by atoms with Crippen LogP contribution in [0, 0.1) is 0 Å². The number of fused-ring (bicyclic) bond motifs is 9. The first-order valence-electron chi connectivity index (χ1n) is 20.5. The van der Waals surface area contributed by atoms with Crippen LogP contribution in [0.3, 0.4) is 0 Å². The van der Waals surface area contributed by atoms with Crippen LogP contribution in [0.25, 0.3) is 99.3 Å². The zero-order chi connectivity index (χ0) is 39.1. The highest BCUT2D eigenvalue weighted by molar-refractivity contribution is 6.26. The zero-order valence-corrected chi connectivity index (χ0v) is 32.5. The van der Waals surface area contributed by atoms with Gasteiger partial charge >= 0.3 is 0 Å². The van der Waals surface area contributed by atoms with Gasteiger partial charge in [0.25, 0.3) is 0 Å². The first kappa shape index (κ1) is 34.8. The van der Waals surface area contributed by atoms with E-state index in [1.165, 1.54) is 65.3 Å². The molecule has 0 bridgehead atoms. The molecule has 0 amide bonds. The third-order valence-electron chi connectivity index (χ3n) is 11.7. The van der Waals surface area contributed by atoms with E-state index in [0.29, 0.717) is 11.6 Å². The third kappa shape index (κ3) is 6.40. The largest absolute Gasteiger partial charge is 0.456 e. The van der Waals surface area contributed by atoms with Crippen LogP contribution in [0.1, 0.15) is 24.2 Å². The van der Waals surface area contributed by atoms with Crippen molar-refractivity contribution in [3.8, 4) is 45.0 Å². The van der Waals surface area contributed by atoms with Crippen LogP contribution in [-0.4, -0.2) is 15.0 Å². The SMILES string of the molecule is c1ccc(-c2cccc(-c3nc(CCCCc4cccc5oc6cccc(-c7ccc8c9ccccc9c9ccccc9c8c7)c6c45)nc(-c4ccccc4)n3)c2)cc1. The van der Waals surface area contributed by atoms with Gasteiger partial charge in [-0.05, 0) is 104 Å². The van der Waals surface area contributed by atoms with Crippen LogP contribution < -0.4 is 0 Å². The van der Waals surface area contributed by atoms with E-state index in [-0.39, 0.29) is 0 Å². The zero-order valence-electron chi connectivity index (χ0n) is 32.5. The molecule has 4 nitrogen and oxygen atoms in total. The van der Waals surface area contributed by atoms with Gasteiger partial charge in [-0.25, -0.2) is 15.0 Å². The Hall–Kier alpha value is -7.43. The molecule has 0 saturated carbocycles. The van der Waals surface area contributed by atoms with Gasteiger partial charge in [0.2, 0.25) is 0 Å². The lowest BCUT2D eigenvalue weighted by atomic mass is 9.90. The van der Waals surface area contributed by atoms with Crippen molar-refractivity contribution in [1.29, 1.82) is 0 Å². The van der Waals surface area contributed by atoms with Crippen LogP contribution in [-0.2, 0) is 12.8 Å². The molecular formula is C55H39N3O. The summed E-state index contributed by atoms with van der Waals surface area (Å²) in [6.07, 6.45) is 3.58. The normalized spacial score (nSPS) is 11.7. The Balaban J connectivity index is 0.918. The van der Waals surface area contributed by atoms with Crippen molar-refractivity contribution in [2.45, 2.75) is 25.7 Å². The summed E-state index contributed by atoms with van der Waals surface area (Å²) in [7, 11) is 0. The molecule has 0 aliphatic carbocycles. The van der Waals surface area contributed by atoms with Gasteiger partial charge in [0.1, 0.15) is 17.0 Å². The molecule has 2 heterocycles. The van der Waals surface area contributed by atoms with E-state index in [4.69, 9.17) is 19.4 Å². The van der Waals surface area contributed by atoms with E-state index < -0.39 is 0 Å². The molecule has 0 fully saturated rings. The first-order valence-corrected chi connectivity index (χ1v) is 20.5. The minimum Gasteiger partial charge on any atom is -0.456 e. The second-order valence-corrected chi connectivity index (χ2v) is 15.3. The molecule has 59 heavy (non-hydrogen) atoms.